The van der Waals surface area contributed by atoms with Gasteiger partial charge in [0.1, 0.15) is 0 Å². The van der Waals surface area contributed by atoms with Crippen LogP contribution in [0.15, 0.2) is 53.4 Å². The Kier molecular flexibility index (Phi) is 4.67. The van der Waals surface area contributed by atoms with Crippen molar-refractivity contribution in [2.24, 2.45) is 0 Å². The SMILES string of the molecule is CC1Sc2ccc(C(=O)NCCc3ccccc3)cc2NC1=O. The second-order valence-electron chi connectivity index (χ2n) is 5.45. The molecule has 0 saturated carbocycles. The third-order valence-corrected chi connectivity index (χ3v) is 4.89. The molecule has 2 amide bonds. The number of carbonyl (C=O) groups excluding carboxylic acids is 2. The highest BCUT2D eigenvalue weighted by molar-refractivity contribution is 8.00. The zero-order valence-electron chi connectivity index (χ0n) is 12.8. The van der Waals surface area contributed by atoms with Crippen molar-refractivity contribution < 1.29 is 9.59 Å². The molecule has 0 fully saturated rings. The average Bonchev–Trinajstić information content (AvgIpc) is 2.56. The Labute approximate surface area is 139 Å². The molecule has 0 aromatic heterocycles. The first-order valence-electron chi connectivity index (χ1n) is 7.57. The lowest BCUT2D eigenvalue weighted by molar-refractivity contribution is -0.115. The summed E-state index contributed by atoms with van der Waals surface area (Å²) in [5, 5.41) is 5.66. The number of hydrogen-bond donors (Lipinski definition) is 2. The molecule has 118 valence electrons. The second kappa shape index (κ2) is 6.87. The molecule has 2 aromatic rings. The zero-order chi connectivity index (χ0) is 16.2. The lowest BCUT2D eigenvalue weighted by Crippen LogP contribution is -2.28. The third-order valence-electron chi connectivity index (χ3n) is 3.71. The van der Waals surface area contributed by atoms with E-state index in [1.807, 2.05) is 43.3 Å². The van der Waals surface area contributed by atoms with E-state index >= 15 is 0 Å². The van der Waals surface area contributed by atoms with Crippen LogP contribution in [-0.2, 0) is 11.2 Å². The molecule has 0 radical (unpaired) electrons. The minimum Gasteiger partial charge on any atom is -0.352 e. The smallest absolute Gasteiger partial charge is 0.251 e. The van der Waals surface area contributed by atoms with Crippen molar-refractivity contribution in [3.8, 4) is 0 Å². The molecule has 2 N–H and O–H groups in total. The van der Waals surface area contributed by atoms with Crippen molar-refractivity contribution in [3.63, 3.8) is 0 Å². The Morgan fingerprint density at radius 3 is 2.78 bits per heavy atom. The number of benzene rings is 2. The Morgan fingerprint density at radius 2 is 2.00 bits per heavy atom. The van der Waals surface area contributed by atoms with Gasteiger partial charge in [0.25, 0.3) is 5.91 Å². The van der Waals surface area contributed by atoms with Gasteiger partial charge in [0.05, 0.1) is 10.9 Å². The molecule has 2 aromatic carbocycles. The van der Waals surface area contributed by atoms with E-state index in [1.54, 1.807) is 12.1 Å². The normalized spacial score (nSPS) is 16.4. The fourth-order valence-corrected chi connectivity index (χ4v) is 3.35. The van der Waals surface area contributed by atoms with Crippen LogP contribution in [0.1, 0.15) is 22.8 Å². The monoisotopic (exact) mass is 326 g/mol. The van der Waals surface area contributed by atoms with Crippen LogP contribution < -0.4 is 10.6 Å². The molecule has 1 aliphatic rings. The van der Waals surface area contributed by atoms with Gasteiger partial charge in [-0.25, -0.2) is 0 Å². The molecule has 0 spiro atoms. The van der Waals surface area contributed by atoms with Crippen LogP contribution in [0.25, 0.3) is 0 Å². The quantitative estimate of drug-likeness (QED) is 0.908. The van der Waals surface area contributed by atoms with Gasteiger partial charge < -0.3 is 10.6 Å². The summed E-state index contributed by atoms with van der Waals surface area (Å²) >= 11 is 1.51. The van der Waals surface area contributed by atoms with Gasteiger partial charge in [-0.15, -0.1) is 11.8 Å². The molecule has 1 unspecified atom stereocenters. The maximum Gasteiger partial charge on any atom is 0.251 e. The highest BCUT2D eigenvalue weighted by Gasteiger charge is 2.23. The van der Waals surface area contributed by atoms with E-state index in [1.165, 1.54) is 17.3 Å². The summed E-state index contributed by atoms with van der Waals surface area (Å²) in [5.74, 6) is -0.147. The summed E-state index contributed by atoms with van der Waals surface area (Å²) in [4.78, 5) is 25.0. The summed E-state index contributed by atoms with van der Waals surface area (Å²) in [5.41, 5.74) is 2.47. The molecule has 0 saturated heterocycles. The molecule has 1 atom stereocenters. The van der Waals surface area contributed by atoms with Crippen molar-refractivity contribution in [2.45, 2.75) is 23.5 Å². The number of carbonyl (C=O) groups is 2. The zero-order valence-corrected chi connectivity index (χ0v) is 13.7. The molecule has 5 heteroatoms. The number of hydrogen-bond acceptors (Lipinski definition) is 3. The maximum atomic E-state index is 12.2. The van der Waals surface area contributed by atoms with Crippen LogP contribution >= 0.6 is 11.8 Å². The van der Waals surface area contributed by atoms with E-state index < -0.39 is 0 Å². The first-order valence-corrected chi connectivity index (χ1v) is 8.45. The van der Waals surface area contributed by atoms with Crippen LogP contribution in [0.5, 0.6) is 0 Å². The molecular formula is C18H18N2O2S. The van der Waals surface area contributed by atoms with Gasteiger partial charge >= 0.3 is 0 Å². The highest BCUT2D eigenvalue weighted by atomic mass is 32.2. The van der Waals surface area contributed by atoms with Crippen molar-refractivity contribution in [1.29, 1.82) is 0 Å². The minimum absolute atomic E-state index is 0.0239. The predicted octanol–water partition coefficient (Wildman–Crippen LogP) is 3.09. The topological polar surface area (TPSA) is 58.2 Å². The highest BCUT2D eigenvalue weighted by Crippen LogP contribution is 2.35. The molecular weight excluding hydrogens is 308 g/mol. The standard InChI is InChI=1S/C18H18N2O2S/c1-12-17(21)20-15-11-14(7-8-16(15)23-12)18(22)19-10-9-13-5-3-2-4-6-13/h2-8,11-12H,9-10H2,1H3,(H,19,22)(H,20,21). The number of amides is 2. The number of thioether (sulfide) groups is 1. The van der Waals surface area contributed by atoms with Gasteiger partial charge in [0.2, 0.25) is 5.91 Å². The average molecular weight is 326 g/mol. The fraction of sp³-hybridized carbons (Fsp3) is 0.222. The van der Waals surface area contributed by atoms with E-state index in [9.17, 15) is 9.59 Å². The molecule has 1 aliphatic heterocycles. The number of anilines is 1. The molecule has 23 heavy (non-hydrogen) atoms. The van der Waals surface area contributed by atoms with Crippen LogP contribution in [0.3, 0.4) is 0 Å². The largest absolute Gasteiger partial charge is 0.352 e. The lowest BCUT2D eigenvalue weighted by Gasteiger charge is -2.21. The molecule has 0 aliphatic carbocycles. The van der Waals surface area contributed by atoms with Crippen molar-refractivity contribution in [3.05, 3.63) is 59.7 Å². The maximum absolute atomic E-state index is 12.2. The second-order valence-corrected chi connectivity index (χ2v) is 6.83. The van der Waals surface area contributed by atoms with Crippen LogP contribution in [-0.4, -0.2) is 23.6 Å². The molecule has 3 rings (SSSR count). The summed E-state index contributed by atoms with van der Waals surface area (Å²) in [7, 11) is 0. The first-order chi connectivity index (χ1) is 11.1. The first kappa shape index (κ1) is 15.6. The number of nitrogens with one attached hydrogen (secondary N) is 2. The summed E-state index contributed by atoms with van der Waals surface area (Å²) in [6.45, 7) is 2.45. The number of rotatable bonds is 4. The summed E-state index contributed by atoms with van der Waals surface area (Å²) < 4.78 is 0. The van der Waals surface area contributed by atoms with E-state index in [2.05, 4.69) is 10.6 Å². The van der Waals surface area contributed by atoms with Crippen LogP contribution in [0.2, 0.25) is 0 Å². The van der Waals surface area contributed by atoms with Gasteiger partial charge in [0, 0.05) is 17.0 Å². The van der Waals surface area contributed by atoms with Gasteiger partial charge in [-0.3, -0.25) is 9.59 Å². The Hall–Kier alpha value is -2.27. The van der Waals surface area contributed by atoms with E-state index in [4.69, 9.17) is 0 Å². The molecule has 4 nitrogen and oxygen atoms in total. The van der Waals surface area contributed by atoms with Gasteiger partial charge in [-0.2, -0.15) is 0 Å². The number of fused-ring (bicyclic) bond motifs is 1. The Morgan fingerprint density at radius 1 is 1.22 bits per heavy atom. The van der Waals surface area contributed by atoms with Gasteiger partial charge in [0.15, 0.2) is 0 Å². The third kappa shape index (κ3) is 3.74. The molecule has 0 bridgehead atoms. The van der Waals surface area contributed by atoms with Crippen molar-refractivity contribution >= 4 is 29.3 Å². The van der Waals surface area contributed by atoms with Gasteiger partial charge in [-0.05, 0) is 37.1 Å². The van der Waals surface area contributed by atoms with Crippen molar-refractivity contribution in [1.82, 2.24) is 5.32 Å². The summed E-state index contributed by atoms with van der Waals surface area (Å²) in [6.07, 6.45) is 0.793. The predicted molar refractivity (Wildman–Crippen MR) is 92.9 cm³/mol. The Bertz CT molecular complexity index is 731. The van der Waals surface area contributed by atoms with Crippen LogP contribution in [0.4, 0.5) is 5.69 Å². The molecule has 1 heterocycles. The van der Waals surface area contributed by atoms with E-state index in [0.29, 0.717) is 17.8 Å². The van der Waals surface area contributed by atoms with E-state index in [-0.39, 0.29) is 17.1 Å². The van der Waals surface area contributed by atoms with Gasteiger partial charge in [-0.1, -0.05) is 30.3 Å². The lowest BCUT2D eigenvalue weighted by atomic mass is 10.1. The fourth-order valence-electron chi connectivity index (χ4n) is 2.42. The van der Waals surface area contributed by atoms with E-state index in [0.717, 1.165) is 11.3 Å². The summed E-state index contributed by atoms with van der Waals surface area (Å²) in [6, 6.07) is 15.5. The minimum atomic E-state index is -0.124. The van der Waals surface area contributed by atoms with Crippen LogP contribution in [0, 0.1) is 0 Å². The Balaban J connectivity index is 1.62. The van der Waals surface area contributed by atoms with Crippen molar-refractivity contribution in [2.75, 3.05) is 11.9 Å².